The van der Waals surface area contributed by atoms with Crippen LogP contribution in [0.2, 0.25) is 5.02 Å². The molecule has 1 aromatic heterocycles. The first-order chi connectivity index (χ1) is 16.1. The number of rotatable bonds is 9. The molecule has 5 nitrogen and oxygen atoms in total. The molecule has 0 saturated heterocycles. The van der Waals surface area contributed by atoms with Crippen molar-refractivity contribution in [2.75, 3.05) is 17.6 Å². The monoisotopic (exact) mass is 495 g/mol. The maximum atomic E-state index is 12.4. The number of carbonyl (C=O) groups excluding carboxylic acids is 2. The third-order valence-corrected chi connectivity index (χ3v) is 7.23. The standard InChI is InChI=1S/C25H22ClN3O2S2/c26-19-10-8-17(9-11-19)12-13-27-23(30)14-20-15-32-25(28-20)33-16-24(31)29-22-7-3-5-18-4-1-2-6-21(18)22/h1-11,15H,12-14,16H2,(H,27,30)(H,29,31). The average Bonchev–Trinajstić information content (AvgIpc) is 3.26. The Kier molecular flexibility index (Phi) is 7.99. The number of thioether (sulfide) groups is 1. The summed E-state index contributed by atoms with van der Waals surface area (Å²) in [6.07, 6.45) is 0.965. The molecular weight excluding hydrogens is 474 g/mol. The lowest BCUT2D eigenvalue weighted by Gasteiger charge is -2.08. The summed E-state index contributed by atoms with van der Waals surface area (Å²) in [5.41, 5.74) is 2.63. The average molecular weight is 496 g/mol. The Hall–Kier alpha value is -2.87. The van der Waals surface area contributed by atoms with Crippen LogP contribution in [0, 0.1) is 0 Å². The molecule has 0 aliphatic rings. The molecular formula is C25H22ClN3O2S2. The first kappa shape index (κ1) is 23.3. The van der Waals surface area contributed by atoms with Crippen molar-refractivity contribution >= 4 is 63.0 Å². The number of amides is 2. The van der Waals surface area contributed by atoms with Crippen molar-refractivity contribution < 1.29 is 9.59 Å². The maximum absolute atomic E-state index is 12.4. The van der Waals surface area contributed by atoms with Crippen LogP contribution in [-0.2, 0) is 22.4 Å². The summed E-state index contributed by atoms with van der Waals surface area (Å²) in [7, 11) is 0. The Morgan fingerprint density at radius 3 is 2.61 bits per heavy atom. The maximum Gasteiger partial charge on any atom is 0.234 e. The summed E-state index contributed by atoms with van der Waals surface area (Å²) < 4.78 is 0.770. The molecule has 0 spiro atoms. The lowest BCUT2D eigenvalue weighted by molar-refractivity contribution is -0.120. The van der Waals surface area contributed by atoms with Crippen molar-refractivity contribution in [2.45, 2.75) is 17.2 Å². The normalized spacial score (nSPS) is 10.8. The van der Waals surface area contributed by atoms with Gasteiger partial charge in [-0.15, -0.1) is 11.3 Å². The van der Waals surface area contributed by atoms with Crippen LogP contribution in [0.15, 0.2) is 76.4 Å². The highest BCUT2D eigenvalue weighted by atomic mass is 35.5. The third-order valence-electron chi connectivity index (χ3n) is 4.91. The second-order valence-electron chi connectivity index (χ2n) is 7.37. The number of benzene rings is 3. The van der Waals surface area contributed by atoms with E-state index in [9.17, 15) is 9.59 Å². The molecule has 2 N–H and O–H groups in total. The lowest BCUT2D eigenvalue weighted by atomic mass is 10.1. The van der Waals surface area contributed by atoms with Gasteiger partial charge in [0.15, 0.2) is 4.34 Å². The molecule has 0 fully saturated rings. The van der Waals surface area contributed by atoms with E-state index in [0.717, 1.165) is 32.8 Å². The highest BCUT2D eigenvalue weighted by Gasteiger charge is 2.11. The fraction of sp³-hybridized carbons (Fsp3) is 0.160. The van der Waals surface area contributed by atoms with Gasteiger partial charge in [0.25, 0.3) is 0 Å². The van der Waals surface area contributed by atoms with E-state index in [4.69, 9.17) is 11.6 Å². The van der Waals surface area contributed by atoms with Crippen LogP contribution in [0.25, 0.3) is 10.8 Å². The Morgan fingerprint density at radius 1 is 0.970 bits per heavy atom. The minimum Gasteiger partial charge on any atom is -0.355 e. The Bertz CT molecular complexity index is 1250. The molecule has 3 aromatic carbocycles. The first-order valence-corrected chi connectivity index (χ1v) is 12.7. The van der Waals surface area contributed by atoms with E-state index in [1.54, 1.807) is 0 Å². The SMILES string of the molecule is O=C(Cc1csc(SCC(=O)Nc2cccc3ccccc23)n1)NCCc1ccc(Cl)cc1. The Labute approximate surface area is 205 Å². The molecule has 33 heavy (non-hydrogen) atoms. The van der Waals surface area contributed by atoms with Gasteiger partial charge in [-0.2, -0.15) is 0 Å². The molecule has 4 rings (SSSR count). The number of hydrogen-bond donors (Lipinski definition) is 2. The topological polar surface area (TPSA) is 71.1 Å². The molecule has 168 valence electrons. The quantitative estimate of drug-likeness (QED) is 0.297. The molecule has 0 radical (unpaired) electrons. The molecule has 0 aliphatic heterocycles. The van der Waals surface area contributed by atoms with Crippen molar-refractivity contribution in [1.29, 1.82) is 0 Å². The van der Waals surface area contributed by atoms with Crippen LogP contribution in [0.4, 0.5) is 5.69 Å². The van der Waals surface area contributed by atoms with Crippen molar-refractivity contribution in [3.8, 4) is 0 Å². The number of carbonyl (C=O) groups is 2. The molecule has 2 amide bonds. The van der Waals surface area contributed by atoms with Crippen molar-refractivity contribution in [3.05, 3.63) is 88.4 Å². The molecule has 4 aromatic rings. The molecule has 0 atom stereocenters. The second kappa shape index (κ2) is 11.3. The van der Waals surface area contributed by atoms with Gasteiger partial charge >= 0.3 is 0 Å². The van der Waals surface area contributed by atoms with Crippen LogP contribution in [0.1, 0.15) is 11.3 Å². The molecule has 0 aliphatic carbocycles. The number of thiazole rings is 1. The fourth-order valence-corrected chi connectivity index (χ4v) is 5.08. The summed E-state index contributed by atoms with van der Waals surface area (Å²) >= 11 is 8.70. The largest absolute Gasteiger partial charge is 0.355 e. The van der Waals surface area contributed by atoms with Crippen LogP contribution >= 0.6 is 34.7 Å². The predicted molar refractivity (Wildman–Crippen MR) is 137 cm³/mol. The van der Waals surface area contributed by atoms with E-state index in [2.05, 4.69) is 15.6 Å². The third kappa shape index (κ3) is 6.81. The van der Waals surface area contributed by atoms with Gasteiger partial charge in [0.2, 0.25) is 11.8 Å². The van der Waals surface area contributed by atoms with Gasteiger partial charge in [-0.1, -0.05) is 71.9 Å². The van der Waals surface area contributed by atoms with Crippen molar-refractivity contribution in [3.63, 3.8) is 0 Å². The zero-order valence-electron chi connectivity index (χ0n) is 17.7. The minimum atomic E-state index is -0.0898. The van der Waals surface area contributed by atoms with Crippen LogP contribution in [0.3, 0.4) is 0 Å². The number of halogens is 1. The highest BCUT2D eigenvalue weighted by molar-refractivity contribution is 8.01. The molecule has 8 heteroatoms. The smallest absolute Gasteiger partial charge is 0.234 e. The van der Waals surface area contributed by atoms with Gasteiger partial charge in [0, 0.05) is 28.0 Å². The number of nitrogens with zero attached hydrogens (tertiary/aromatic N) is 1. The summed E-state index contributed by atoms with van der Waals surface area (Å²) in [5.74, 6) is 0.0938. The molecule has 0 saturated carbocycles. The zero-order valence-corrected chi connectivity index (χ0v) is 20.1. The number of anilines is 1. The van der Waals surface area contributed by atoms with E-state index in [1.165, 1.54) is 23.1 Å². The number of aromatic nitrogens is 1. The summed E-state index contributed by atoms with van der Waals surface area (Å²) in [6.45, 7) is 0.556. The van der Waals surface area contributed by atoms with E-state index in [0.29, 0.717) is 17.3 Å². The summed E-state index contributed by atoms with van der Waals surface area (Å²) in [4.78, 5) is 29.1. The Balaban J connectivity index is 1.21. The van der Waals surface area contributed by atoms with Crippen LogP contribution < -0.4 is 10.6 Å². The second-order valence-corrected chi connectivity index (χ2v) is 9.89. The van der Waals surface area contributed by atoms with Crippen molar-refractivity contribution in [2.24, 2.45) is 0 Å². The molecule has 0 bridgehead atoms. The van der Waals surface area contributed by atoms with Gasteiger partial charge in [-0.05, 0) is 35.6 Å². The van der Waals surface area contributed by atoms with E-state index < -0.39 is 0 Å². The van der Waals surface area contributed by atoms with Gasteiger partial charge < -0.3 is 10.6 Å². The number of hydrogen-bond acceptors (Lipinski definition) is 5. The van der Waals surface area contributed by atoms with Crippen LogP contribution in [0.5, 0.6) is 0 Å². The van der Waals surface area contributed by atoms with Gasteiger partial charge in [-0.25, -0.2) is 4.98 Å². The van der Waals surface area contributed by atoms with Gasteiger partial charge in [0.05, 0.1) is 17.9 Å². The van der Waals surface area contributed by atoms with Crippen molar-refractivity contribution in [1.82, 2.24) is 10.3 Å². The predicted octanol–water partition coefficient (Wildman–Crippen LogP) is 5.58. The molecule has 0 unspecified atom stereocenters. The highest BCUT2D eigenvalue weighted by Crippen LogP contribution is 2.25. The van der Waals surface area contributed by atoms with Crippen LogP contribution in [-0.4, -0.2) is 29.1 Å². The lowest BCUT2D eigenvalue weighted by Crippen LogP contribution is -2.27. The minimum absolute atomic E-state index is 0.0699. The first-order valence-electron chi connectivity index (χ1n) is 10.4. The van der Waals surface area contributed by atoms with E-state index in [1.807, 2.05) is 72.1 Å². The Morgan fingerprint density at radius 2 is 1.76 bits per heavy atom. The number of nitrogens with one attached hydrogen (secondary N) is 2. The number of fused-ring (bicyclic) bond motifs is 1. The fourth-order valence-electron chi connectivity index (χ4n) is 3.31. The van der Waals surface area contributed by atoms with E-state index in [-0.39, 0.29) is 24.0 Å². The summed E-state index contributed by atoms with van der Waals surface area (Å²) in [5, 5.41) is 10.6. The summed E-state index contributed by atoms with van der Waals surface area (Å²) in [6, 6.07) is 21.4. The molecule has 1 heterocycles. The van der Waals surface area contributed by atoms with Gasteiger partial charge in [0.1, 0.15) is 0 Å². The van der Waals surface area contributed by atoms with E-state index >= 15 is 0 Å². The van der Waals surface area contributed by atoms with Gasteiger partial charge in [-0.3, -0.25) is 9.59 Å². The zero-order chi connectivity index (χ0) is 23.0.